The number of carbonyl (C=O) groups is 1. The summed E-state index contributed by atoms with van der Waals surface area (Å²) in [6.45, 7) is 4.85. The molecule has 0 unspecified atom stereocenters. The number of carbonyl (C=O) groups excluding carboxylic acids is 1. The maximum absolute atomic E-state index is 13.2. The lowest BCUT2D eigenvalue weighted by atomic mass is 9.98. The predicted molar refractivity (Wildman–Crippen MR) is 104 cm³/mol. The molecule has 26 heavy (non-hydrogen) atoms. The molecule has 0 radical (unpaired) electrons. The molecular formula is C21H24N4O. The van der Waals surface area contributed by atoms with Crippen molar-refractivity contribution in [1.29, 1.82) is 0 Å². The quantitative estimate of drug-likeness (QED) is 0.684. The monoisotopic (exact) mass is 348 g/mol. The second-order valence-electron chi connectivity index (χ2n) is 7.16. The fourth-order valence-corrected chi connectivity index (χ4v) is 3.98. The molecule has 5 heteroatoms. The van der Waals surface area contributed by atoms with Crippen LogP contribution in [0.3, 0.4) is 0 Å². The van der Waals surface area contributed by atoms with Crippen LogP contribution in [0.1, 0.15) is 52.6 Å². The minimum absolute atomic E-state index is 0.00678. The molecule has 1 aliphatic rings. The maximum atomic E-state index is 13.2. The van der Waals surface area contributed by atoms with Gasteiger partial charge in [0.1, 0.15) is 0 Å². The van der Waals surface area contributed by atoms with E-state index in [1.54, 1.807) is 6.07 Å². The smallest absolute Gasteiger partial charge is 0.256 e. The molecule has 1 fully saturated rings. The lowest BCUT2D eigenvalue weighted by Gasteiger charge is -2.35. The molecule has 0 saturated carbocycles. The number of benzene rings is 1. The highest BCUT2D eigenvalue weighted by atomic mass is 16.2. The molecule has 1 aliphatic heterocycles. The van der Waals surface area contributed by atoms with Gasteiger partial charge in [0.25, 0.3) is 5.91 Å². The number of anilines is 1. The summed E-state index contributed by atoms with van der Waals surface area (Å²) in [7, 11) is 0. The summed E-state index contributed by atoms with van der Waals surface area (Å²) < 4.78 is 0. The van der Waals surface area contributed by atoms with Crippen molar-refractivity contribution in [2.45, 2.75) is 39.2 Å². The maximum Gasteiger partial charge on any atom is 0.256 e. The zero-order valence-electron chi connectivity index (χ0n) is 15.2. The van der Waals surface area contributed by atoms with Gasteiger partial charge in [0.05, 0.1) is 22.6 Å². The number of para-hydroxylation sites is 1. The Morgan fingerprint density at radius 2 is 2.04 bits per heavy atom. The number of pyridine rings is 1. The summed E-state index contributed by atoms with van der Waals surface area (Å²) in [5.74, 6) is 0.00678. The minimum atomic E-state index is 0.00678. The molecule has 0 spiro atoms. The summed E-state index contributed by atoms with van der Waals surface area (Å²) in [4.78, 5) is 23.3. The van der Waals surface area contributed by atoms with Gasteiger partial charge in [0.15, 0.2) is 0 Å². The van der Waals surface area contributed by atoms with Gasteiger partial charge < -0.3 is 15.6 Å². The largest absolute Gasteiger partial charge is 0.398 e. The Labute approximate surface area is 153 Å². The Balaban J connectivity index is 1.73. The molecule has 3 heterocycles. The summed E-state index contributed by atoms with van der Waals surface area (Å²) in [6.07, 6.45) is 3.08. The van der Waals surface area contributed by atoms with Gasteiger partial charge in [-0.05, 0) is 62.9 Å². The molecule has 3 aromatic rings. The fourth-order valence-electron chi connectivity index (χ4n) is 3.98. The number of nitrogens with two attached hydrogens (primary N) is 1. The zero-order valence-corrected chi connectivity index (χ0v) is 15.2. The molecule has 1 atom stereocenters. The van der Waals surface area contributed by atoms with E-state index in [9.17, 15) is 4.79 Å². The number of rotatable bonds is 2. The van der Waals surface area contributed by atoms with Crippen molar-refractivity contribution in [1.82, 2.24) is 14.9 Å². The van der Waals surface area contributed by atoms with Gasteiger partial charge in [-0.2, -0.15) is 0 Å². The average molecular weight is 348 g/mol. The van der Waals surface area contributed by atoms with E-state index in [4.69, 9.17) is 5.73 Å². The number of hydrogen-bond donors (Lipinski definition) is 2. The molecular weight excluding hydrogens is 324 g/mol. The lowest BCUT2D eigenvalue weighted by molar-refractivity contribution is 0.0608. The normalized spacial score (nSPS) is 17.6. The molecule has 2 aromatic heterocycles. The molecule has 3 N–H and O–H groups in total. The van der Waals surface area contributed by atoms with Gasteiger partial charge in [-0.3, -0.25) is 9.78 Å². The second-order valence-corrected chi connectivity index (χ2v) is 7.16. The Kier molecular flexibility index (Phi) is 4.15. The van der Waals surface area contributed by atoms with Crippen molar-refractivity contribution >= 4 is 22.6 Å². The lowest BCUT2D eigenvalue weighted by Crippen LogP contribution is -2.39. The first-order valence-electron chi connectivity index (χ1n) is 9.17. The van der Waals surface area contributed by atoms with E-state index in [0.29, 0.717) is 11.3 Å². The van der Waals surface area contributed by atoms with E-state index >= 15 is 0 Å². The zero-order chi connectivity index (χ0) is 18.3. The summed E-state index contributed by atoms with van der Waals surface area (Å²) >= 11 is 0. The highest BCUT2D eigenvalue weighted by molar-refractivity contribution is 5.99. The number of hydrogen-bond acceptors (Lipinski definition) is 3. The second kappa shape index (κ2) is 6.48. The van der Waals surface area contributed by atoms with Crippen LogP contribution in [0.25, 0.3) is 11.0 Å². The standard InChI is InChI=1S/C21H24N4O/c1-13-11-14(2)23-18-12-17(24-20(13)18)19-9-5-6-10-25(19)21(26)15-7-3-4-8-16(15)22/h3-4,7-8,11-12,19,24H,5-6,9-10,22H2,1-2H3/t19-/m0/s1. The predicted octanol–water partition coefficient (Wildman–Crippen LogP) is 4.13. The van der Waals surface area contributed by atoms with E-state index in [1.165, 1.54) is 5.56 Å². The van der Waals surface area contributed by atoms with Gasteiger partial charge in [-0.1, -0.05) is 12.1 Å². The summed E-state index contributed by atoms with van der Waals surface area (Å²) in [6, 6.07) is 11.5. The number of piperidine rings is 1. The van der Waals surface area contributed by atoms with E-state index in [0.717, 1.165) is 48.2 Å². The van der Waals surface area contributed by atoms with Crippen LogP contribution >= 0.6 is 0 Å². The van der Waals surface area contributed by atoms with E-state index in [1.807, 2.05) is 30.0 Å². The van der Waals surface area contributed by atoms with E-state index < -0.39 is 0 Å². The van der Waals surface area contributed by atoms with E-state index in [2.05, 4.69) is 29.0 Å². The number of H-pyrrole nitrogens is 1. The number of aryl methyl sites for hydroxylation is 2. The van der Waals surface area contributed by atoms with Crippen LogP contribution in [-0.2, 0) is 0 Å². The van der Waals surface area contributed by atoms with Gasteiger partial charge in [0, 0.05) is 23.6 Å². The van der Waals surface area contributed by atoms with Gasteiger partial charge in [-0.25, -0.2) is 0 Å². The van der Waals surface area contributed by atoms with Crippen molar-refractivity contribution in [3.63, 3.8) is 0 Å². The van der Waals surface area contributed by atoms with Crippen molar-refractivity contribution in [3.05, 3.63) is 58.9 Å². The number of fused-ring (bicyclic) bond motifs is 1. The molecule has 1 amide bonds. The van der Waals surface area contributed by atoms with Gasteiger partial charge >= 0.3 is 0 Å². The van der Waals surface area contributed by atoms with Crippen LogP contribution in [-0.4, -0.2) is 27.3 Å². The minimum Gasteiger partial charge on any atom is -0.398 e. The Hall–Kier alpha value is -2.82. The van der Waals surface area contributed by atoms with Crippen molar-refractivity contribution < 1.29 is 4.79 Å². The summed E-state index contributed by atoms with van der Waals surface area (Å²) in [5.41, 5.74) is 12.4. The molecule has 5 nitrogen and oxygen atoms in total. The fraction of sp³-hybridized carbons (Fsp3) is 0.333. The van der Waals surface area contributed by atoms with Gasteiger partial charge in [-0.15, -0.1) is 0 Å². The van der Waals surface area contributed by atoms with Crippen molar-refractivity contribution in [3.8, 4) is 0 Å². The molecule has 134 valence electrons. The highest BCUT2D eigenvalue weighted by Gasteiger charge is 2.30. The van der Waals surface area contributed by atoms with E-state index in [-0.39, 0.29) is 11.9 Å². The molecule has 0 aliphatic carbocycles. The third-order valence-electron chi connectivity index (χ3n) is 5.25. The third-order valence-corrected chi connectivity index (χ3v) is 5.25. The number of aromatic amines is 1. The van der Waals surface area contributed by atoms with Crippen LogP contribution in [0.15, 0.2) is 36.4 Å². The molecule has 4 rings (SSSR count). The van der Waals surface area contributed by atoms with Crippen LogP contribution < -0.4 is 5.73 Å². The van der Waals surface area contributed by atoms with Crippen LogP contribution in [0.4, 0.5) is 5.69 Å². The first-order chi connectivity index (χ1) is 12.5. The van der Waals surface area contributed by atoms with Crippen molar-refractivity contribution in [2.24, 2.45) is 0 Å². The Bertz CT molecular complexity index is 975. The SMILES string of the molecule is Cc1cc(C)c2[nH]c([C@@H]3CCCCN3C(=O)c3ccccc3N)cc2n1. The first-order valence-corrected chi connectivity index (χ1v) is 9.17. The summed E-state index contributed by atoms with van der Waals surface area (Å²) in [5, 5.41) is 0. The Morgan fingerprint density at radius 3 is 2.85 bits per heavy atom. The number of nitrogen functional groups attached to an aromatic ring is 1. The van der Waals surface area contributed by atoms with Crippen LogP contribution in [0.5, 0.6) is 0 Å². The average Bonchev–Trinajstić information content (AvgIpc) is 3.06. The molecule has 0 bridgehead atoms. The number of nitrogens with zero attached hydrogens (tertiary/aromatic N) is 2. The molecule has 1 saturated heterocycles. The van der Waals surface area contributed by atoms with Crippen LogP contribution in [0, 0.1) is 13.8 Å². The topological polar surface area (TPSA) is 75.0 Å². The number of nitrogens with one attached hydrogen (secondary N) is 1. The number of likely N-dealkylation sites (tertiary alicyclic amines) is 1. The third kappa shape index (κ3) is 2.83. The van der Waals surface area contributed by atoms with Gasteiger partial charge in [0.2, 0.25) is 0 Å². The number of aromatic nitrogens is 2. The molecule has 1 aromatic carbocycles. The van der Waals surface area contributed by atoms with Crippen LogP contribution in [0.2, 0.25) is 0 Å². The first kappa shape index (κ1) is 16.6. The number of amides is 1. The highest BCUT2D eigenvalue weighted by Crippen LogP contribution is 2.34. The Morgan fingerprint density at radius 1 is 1.23 bits per heavy atom. The van der Waals surface area contributed by atoms with Crippen molar-refractivity contribution in [2.75, 3.05) is 12.3 Å².